The molecule has 7 heteroatoms. The predicted octanol–water partition coefficient (Wildman–Crippen LogP) is 2.19. The maximum absolute atomic E-state index is 10.9. The molecule has 18 heavy (non-hydrogen) atoms. The second-order valence-corrected chi connectivity index (χ2v) is 3.52. The van der Waals surface area contributed by atoms with E-state index in [9.17, 15) is 10.1 Å². The highest BCUT2D eigenvalue weighted by Crippen LogP contribution is 2.34. The number of nitrogens with zero attached hydrogens (tertiary/aromatic N) is 1. The maximum atomic E-state index is 10.9. The summed E-state index contributed by atoms with van der Waals surface area (Å²) in [4.78, 5) is 10.4. The molecule has 0 fully saturated rings. The zero-order chi connectivity index (χ0) is 13.5. The number of ether oxygens (including phenoxy) is 2. The topological polar surface area (TPSA) is 87.6 Å². The smallest absolute Gasteiger partial charge is 0.277 e. The van der Waals surface area contributed by atoms with E-state index in [4.69, 9.17) is 26.8 Å². The Bertz CT molecular complexity index is 463. The van der Waals surface area contributed by atoms with Crippen molar-refractivity contribution in [2.75, 3.05) is 13.7 Å². The van der Waals surface area contributed by atoms with Crippen molar-refractivity contribution >= 4 is 17.3 Å². The molecule has 0 bridgehead atoms. The van der Waals surface area contributed by atoms with Gasteiger partial charge in [-0.25, -0.2) is 0 Å². The average molecular weight is 273 g/mol. The van der Waals surface area contributed by atoms with Gasteiger partial charge in [0.2, 0.25) is 0 Å². The molecule has 0 aliphatic carbocycles. The van der Waals surface area contributed by atoms with Gasteiger partial charge >= 0.3 is 0 Å². The van der Waals surface area contributed by atoms with Crippen LogP contribution in [0.4, 0.5) is 5.69 Å². The molecule has 0 heterocycles. The Morgan fingerprint density at radius 3 is 2.72 bits per heavy atom. The molecule has 0 saturated heterocycles. The van der Waals surface area contributed by atoms with Gasteiger partial charge in [0.25, 0.3) is 5.69 Å². The minimum atomic E-state index is -0.508. The van der Waals surface area contributed by atoms with Crippen LogP contribution in [0.25, 0.3) is 0 Å². The van der Waals surface area contributed by atoms with Gasteiger partial charge in [-0.15, -0.1) is 0 Å². The van der Waals surface area contributed by atoms with Crippen molar-refractivity contribution in [1.29, 1.82) is 0 Å². The number of halogens is 1. The Morgan fingerprint density at radius 1 is 1.50 bits per heavy atom. The number of nitro benzene ring substituents is 1. The Balaban J connectivity index is 3.14. The summed E-state index contributed by atoms with van der Waals surface area (Å²) < 4.78 is 10.4. The third kappa shape index (κ3) is 3.35. The molecule has 1 rings (SSSR count). The van der Waals surface area contributed by atoms with Crippen molar-refractivity contribution in [2.24, 2.45) is 5.73 Å². The fourth-order valence-electron chi connectivity index (χ4n) is 1.37. The van der Waals surface area contributed by atoms with Gasteiger partial charge in [0, 0.05) is 17.6 Å². The lowest BCUT2D eigenvalue weighted by molar-refractivity contribution is -0.385. The zero-order valence-electron chi connectivity index (χ0n) is 9.76. The van der Waals surface area contributed by atoms with Crippen LogP contribution in [0.5, 0.6) is 11.5 Å². The van der Waals surface area contributed by atoms with Gasteiger partial charge in [-0.2, -0.15) is 0 Å². The van der Waals surface area contributed by atoms with E-state index in [0.29, 0.717) is 11.3 Å². The van der Waals surface area contributed by atoms with Crippen molar-refractivity contribution in [3.63, 3.8) is 0 Å². The van der Waals surface area contributed by atoms with Crippen LogP contribution >= 0.6 is 11.6 Å². The predicted molar refractivity (Wildman–Crippen MR) is 68.0 cm³/mol. The van der Waals surface area contributed by atoms with Crippen LogP contribution in [0.15, 0.2) is 23.7 Å². The van der Waals surface area contributed by atoms with Crippen molar-refractivity contribution in [1.82, 2.24) is 0 Å². The number of rotatable bonds is 6. The molecule has 0 aliphatic heterocycles. The summed E-state index contributed by atoms with van der Waals surface area (Å²) in [5, 5.41) is 10.9. The molecule has 2 N–H and O–H groups in total. The molecular formula is C11H13ClN2O4. The number of methoxy groups -OCH3 is 1. The van der Waals surface area contributed by atoms with Crippen molar-refractivity contribution in [2.45, 2.75) is 6.54 Å². The third-order valence-electron chi connectivity index (χ3n) is 2.21. The summed E-state index contributed by atoms with van der Waals surface area (Å²) in [5.41, 5.74) is 7.05. The van der Waals surface area contributed by atoms with E-state index in [1.54, 1.807) is 6.08 Å². The van der Waals surface area contributed by atoms with E-state index >= 15 is 0 Å². The summed E-state index contributed by atoms with van der Waals surface area (Å²) in [7, 11) is 1.45. The molecule has 0 amide bonds. The first-order valence-electron chi connectivity index (χ1n) is 5.07. The highest BCUT2D eigenvalue weighted by atomic mass is 35.5. The van der Waals surface area contributed by atoms with Crippen molar-refractivity contribution in [3.05, 3.63) is 39.4 Å². The van der Waals surface area contributed by atoms with Crippen molar-refractivity contribution in [3.8, 4) is 11.5 Å². The summed E-state index contributed by atoms with van der Waals surface area (Å²) in [6.45, 7) is 0.244. The fraction of sp³-hybridized carbons (Fsp3) is 0.273. The van der Waals surface area contributed by atoms with E-state index in [-0.39, 0.29) is 24.6 Å². The molecule has 0 saturated carbocycles. The quantitative estimate of drug-likeness (QED) is 0.633. The third-order valence-corrected chi connectivity index (χ3v) is 2.38. The van der Waals surface area contributed by atoms with E-state index in [1.807, 2.05) is 0 Å². The molecule has 98 valence electrons. The van der Waals surface area contributed by atoms with Gasteiger partial charge in [-0.05, 0) is 12.1 Å². The fourth-order valence-corrected chi connectivity index (χ4v) is 1.44. The first-order chi connectivity index (χ1) is 8.63. The van der Waals surface area contributed by atoms with Crippen LogP contribution in [-0.2, 0) is 6.54 Å². The van der Waals surface area contributed by atoms with E-state index in [2.05, 4.69) is 0 Å². The molecule has 0 aliphatic rings. The maximum Gasteiger partial charge on any atom is 0.277 e. The van der Waals surface area contributed by atoms with Gasteiger partial charge in [0.1, 0.15) is 6.61 Å². The molecule has 0 aromatic heterocycles. The Labute approximate surface area is 109 Å². The molecule has 1 aromatic carbocycles. The van der Waals surface area contributed by atoms with Crippen LogP contribution in [0.1, 0.15) is 5.56 Å². The van der Waals surface area contributed by atoms with E-state index < -0.39 is 4.92 Å². The lowest BCUT2D eigenvalue weighted by Crippen LogP contribution is -2.04. The summed E-state index contributed by atoms with van der Waals surface area (Å²) in [5.74, 6) is 0.667. The van der Waals surface area contributed by atoms with E-state index in [1.165, 1.54) is 24.8 Å². The Hall–Kier alpha value is -1.79. The first-order valence-corrected chi connectivity index (χ1v) is 5.51. The zero-order valence-corrected chi connectivity index (χ0v) is 10.5. The van der Waals surface area contributed by atoms with Crippen LogP contribution in [-0.4, -0.2) is 18.6 Å². The number of hydrogen-bond donors (Lipinski definition) is 1. The molecule has 0 radical (unpaired) electrons. The minimum Gasteiger partial charge on any atom is -0.493 e. The van der Waals surface area contributed by atoms with Crippen molar-refractivity contribution < 1.29 is 14.4 Å². The molecule has 0 atom stereocenters. The molecule has 6 nitrogen and oxygen atoms in total. The monoisotopic (exact) mass is 272 g/mol. The van der Waals surface area contributed by atoms with Crippen LogP contribution in [0, 0.1) is 10.1 Å². The molecule has 1 aromatic rings. The Kier molecular flexibility index (Phi) is 5.41. The molecule has 0 unspecified atom stereocenters. The lowest BCUT2D eigenvalue weighted by atomic mass is 10.1. The van der Waals surface area contributed by atoms with Gasteiger partial charge < -0.3 is 15.2 Å². The summed E-state index contributed by atoms with van der Waals surface area (Å²) >= 11 is 5.35. The normalized spacial score (nSPS) is 10.6. The Morgan fingerprint density at radius 2 is 2.22 bits per heavy atom. The van der Waals surface area contributed by atoms with Gasteiger partial charge in [0.15, 0.2) is 11.5 Å². The second kappa shape index (κ2) is 6.83. The van der Waals surface area contributed by atoms with Crippen LogP contribution in [0.3, 0.4) is 0 Å². The summed E-state index contributed by atoms with van der Waals surface area (Å²) in [6.07, 6.45) is 1.56. The SMILES string of the molecule is COc1cc(CN)c([N+](=O)[O-])cc1OC/C=C/Cl. The average Bonchev–Trinajstić information content (AvgIpc) is 2.38. The van der Waals surface area contributed by atoms with Crippen LogP contribution < -0.4 is 15.2 Å². The number of benzene rings is 1. The van der Waals surface area contributed by atoms with Gasteiger partial charge in [-0.1, -0.05) is 11.6 Å². The standard InChI is InChI=1S/C11H13ClN2O4/c1-17-10-5-8(7-13)9(14(15)16)6-11(10)18-4-2-3-12/h2-3,5-6H,4,7,13H2,1H3/b3-2+. The van der Waals surface area contributed by atoms with Gasteiger partial charge in [0.05, 0.1) is 18.1 Å². The molecule has 0 spiro atoms. The summed E-state index contributed by atoms with van der Waals surface area (Å²) in [6, 6.07) is 2.79. The minimum absolute atomic E-state index is 0.0501. The number of nitrogens with two attached hydrogens (primary N) is 1. The van der Waals surface area contributed by atoms with E-state index in [0.717, 1.165) is 0 Å². The molecular weight excluding hydrogens is 260 g/mol. The number of hydrogen-bond acceptors (Lipinski definition) is 5. The van der Waals surface area contributed by atoms with Crippen LogP contribution in [0.2, 0.25) is 0 Å². The highest BCUT2D eigenvalue weighted by molar-refractivity contribution is 6.25. The highest BCUT2D eigenvalue weighted by Gasteiger charge is 2.18. The first kappa shape index (κ1) is 14.3. The van der Waals surface area contributed by atoms with Gasteiger partial charge in [-0.3, -0.25) is 10.1 Å². The largest absolute Gasteiger partial charge is 0.493 e. The number of nitro groups is 1. The second-order valence-electron chi connectivity index (χ2n) is 3.27. The lowest BCUT2D eigenvalue weighted by Gasteiger charge is -2.11.